The zero-order chi connectivity index (χ0) is 27.7. The van der Waals surface area contributed by atoms with Gasteiger partial charge in [0.15, 0.2) is 5.78 Å². The molecule has 0 aromatic heterocycles. The number of likely N-dealkylation sites (tertiary alicyclic amines) is 1. The van der Waals surface area contributed by atoms with Crippen LogP contribution in [0.25, 0.3) is 0 Å². The van der Waals surface area contributed by atoms with Gasteiger partial charge in [-0.1, -0.05) is 67.0 Å². The highest BCUT2D eigenvalue weighted by Crippen LogP contribution is 2.41. The predicted octanol–water partition coefficient (Wildman–Crippen LogP) is 6.62. The standard InChI is InChI=1S/C31H43N3O3/c1-9-10-21-17-34(29(32)27(21)20-11-13-23(14-12-20)33-19(2)35)18-26(36)22-15-24(30(3,4)5)28(37)25(16-22)31(6,7)8/h11-16,21,27,32,37H,9-10,17-18H2,1-8H3,(H,33,35)/t21-,27+/m0/s1. The molecule has 0 spiro atoms. The number of nitrogens with zero attached hydrogens (tertiary/aromatic N) is 1. The highest BCUT2D eigenvalue weighted by molar-refractivity contribution is 6.01. The molecule has 1 aliphatic rings. The maximum atomic E-state index is 13.6. The number of hydrogen-bond donors (Lipinski definition) is 3. The van der Waals surface area contributed by atoms with Gasteiger partial charge in [-0.05, 0) is 53.0 Å². The fraction of sp³-hybridized carbons (Fsp3) is 0.516. The van der Waals surface area contributed by atoms with Gasteiger partial charge in [-0.15, -0.1) is 0 Å². The average molecular weight is 506 g/mol. The van der Waals surface area contributed by atoms with Crippen LogP contribution >= 0.6 is 0 Å². The summed E-state index contributed by atoms with van der Waals surface area (Å²) in [5, 5.41) is 22.8. The van der Waals surface area contributed by atoms with Gasteiger partial charge < -0.3 is 15.3 Å². The van der Waals surface area contributed by atoms with Crippen molar-refractivity contribution in [3.05, 3.63) is 58.7 Å². The van der Waals surface area contributed by atoms with Crippen molar-refractivity contribution in [3.8, 4) is 5.75 Å². The largest absolute Gasteiger partial charge is 0.507 e. The molecule has 6 heteroatoms. The number of rotatable bonds is 7. The second-order valence-electron chi connectivity index (χ2n) is 12.4. The van der Waals surface area contributed by atoms with E-state index in [1.165, 1.54) is 6.92 Å². The molecular formula is C31H43N3O3. The average Bonchev–Trinajstić information content (AvgIpc) is 3.07. The fourth-order valence-electron chi connectivity index (χ4n) is 5.30. The smallest absolute Gasteiger partial charge is 0.221 e. The fourth-order valence-corrected chi connectivity index (χ4v) is 5.30. The Labute approximate surface area is 222 Å². The molecule has 2 aromatic carbocycles. The molecule has 3 N–H and O–H groups in total. The van der Waals surface area contributed by atoms with Gasteiger partial charge in [0.2, 0.25) is 5.91 Å². The second-order valence-corrected chi connectivity index (χ2v) is 12.4. The molecule has 0 aliphatic carbocycles. The van der Waals surface area contributed by atoms with Gasteiger partial charge in [-0.25, -0.2) is 0 Å². The molecule has 1 heterocycles. The van der Waals surface area contributed by atoms with E-state index in [4.69, 9.17) is 5.41 Å². The van der Waals surface area contributed by atoms with Crippen molar-refractivity contribution in [2.75, 3.05) is 18.4 Å². The lowest BCUT2D eigenvalue weighted by Gasteiger charge is -2.28. The number of ketones is 1. The van der Waals surface area contributed by atoms with Crippen LogP contribution in [0.2, 0.25) is 0 Å². The van der Waals surface area contributed by atoms with Crippen molar-refractivity contribution in [2.45, 2.75) is 85.0 Å². The summed E-state index contributed by atoms with van der Waals surface area (Å²) in [7, 11) is 0. The molecule has 0 saturated carbocycles. The van der Waals surface area contributed by atoms with E-state index < -0.39 is 0 Å². The molecule has 0 unspecified atom stereocenters. The van der Waals surface area contributed by atoms with Gasteiger partial charge in [0.1, 0.15) is 11.6 Å². The minimum atomic E-state index is -0.318. The molecule has 37 heavy (non-hydrogen) atoms. The normalized spacial score (nSPS) is 18.3. The lowest BCUT2D eigenvalue weighted by molar-refractivity contribution is -0.114. The van der Waals surface area contributed by atoms with Crippen molar-refractivity contribution in [1.29, 1.82) is 5.41 Å². The molecule has 3 rings (SSSR count). The van der Waals surface area contributed by atoms with Crippen molar-refractivity contribution < 1.29 is 14.7 Å². The Kier molecular flexibility index (Phi) is 8.21. The first-order chi connectivity index (χ1) is 17.1. The highest BCUT2D eigenvalue weighted by Gasteiger charge is 2.39. The number of amides is 1. The number of aromatic hydroxyl groups is 1. The third-order valence-electron chi connectivity index (χ3n) is 7.19. The van der Waals surface area contributed by atoms with Crippen LogP contribution in [0.5, 0.6) is 5.75 Å². The first-order valence-corrected chi connectivity index (χ1v) is 13.3. The molecule has 2 aromatic rings. The first kappa shape index (κ1) is 28.4. The summed E-state index contributed by atoms with van der Waals surface area (Å²) >= 11 is 0. The van der Waals surface area contributed by atoms with E-state index in [1.54, 1.807) is 0 Å². The van der Waals surface area contributed by atoms with Gasteiger partial charge in [-0.2, -0.15) is 0 Å². The molecule has 6 nitrogen and oxygen atoms in total. The second kappa shape index (κ2) is 10.7. The number of nitrogens with one attached hydrogen (secondary N) is 2. The molecular weight excluding hydrogens is 462 g/mol. The summed E-state index contributed by atoms with van der Waals surface area (Å²) in [4.78, 5) is 26.9. The summed E-state index contributed by atoms with van der Waals surface area (Å²) in [6, 6.07) is 11.4. The predicted molar refractivity (Wildman–Crippen MR) is 151 cm³/mol. The Morgan fingerprint density at radius 3 is 2.03 bits per heavy atom. The minimum Gasteiger partial charge on any atom is -0.507 e. The van der Waals surface area contributed by atoms with E-state index in [9.17, 15) is 14.7 Å². The molecule has 1 aliphatic heterocycles. The minimum absolute atomic E-state index is 0.0438. The van der Waals surface area contributed by atoms with E-state index in [-0.39, 0.29) is 46.7 Å². The van der Waals surface area contributed by atoms with E-state index >= 15 is 0 Å². The number of carbonyl (C=O) groups is 2. The molecule has 0 bridgehead atoms. The summed E-state index contributed by atoms with van der Waals surface area (Å²) < 4.78 is 0. The number of phenolic OH excluding ortho intramolecular Hbond substituents is 1. The van der Waals surface area contributed by atoms with E-state index in [0.717, 1.165) is 35.2 Å². The van der Waals surface area contributed by atoms with E-state index in [0.29, 0.717) is 17.9 Å². The summed E-state index contributed by atoms with van der Waals surface area (Å²) in [6.45, 7) is 16.7. The summed E-state index contributed by atoms with van der Waals surface area (Å²) in [5.41, 5.74) is 3.24. The zero-order valence-corrected chi connectivity index (χ0v) is 23.7. The lowest BCUT2D eigenvalue weighted by atomic mass is 9.78. The van der Waals surface area contributed by atoms with Gasteiger partial charge >= 0.3 is 0 Å². The van der Waals surface area contributed by atoms with Gasteiger partial charge in [0.25, 0.3) is 0 Å². The van der Waals surface area contributed by atoms with Crippen LogP contribution in [-0.2, 0) is 15.6 Å². The molecule has 1 fully saturated rings. The van der Waals surface area contributed by atoms with Crippen LogP contribution in [0, 0.1) is 11.3 Å². The van der Waals surface area contributed by atoms with Crippen LogP contribution in [0.4, 0.5) is 5.69 Å². The highest BCUT2D eigenvalue weighted by atomic mass is 16.3. The quantitative estimate of drug-likeness (QED) is 0.369. The number of hydrogen-bond acceptors (Lipinski definition) is 4. The molecule has 1 saturated heterocycles. The number of carbonyl (C=O) groups excluding carboxylic acids is 2. The SMILES string of the molecule is CCC[C@H]1CN(CC(=O)c2cc(C(C)(C)C)c(O)c(C(C)(C)C)c2)C(=N)[C@@H]1c1ccc(NC(C)=O)cc1. The Morgan fingerprint density at radius 2 is 1.57 bits per heavy atom. The zero-order valence-electron chi connectivity index (χ0n) is 23.7. The first-order valence-electron chi connectivity index (χ1n) is 13.3. The van der Waals surface area contributed by atoms with Crippen molar-refractivity contribution in [2.24, 2.45) is 5.92 Å². The van der Waals surface area contributed by atoms with Crippen LogP contribution < -0.4 is 5.32 Å². The molecule has 1 amide bonds. The monoisotopic (exact) mass is 505 g/mol. The van der Waals surface area contributed by atoms with Crippen molar-refractivity contribution in [3.63, 3.8) is 0 Å². The number of Topliss-reactive ketones (excluding diaryl/α,β-unsaturated/α-hetero) is 1. The van der Waals surface area contributed by atoms with Crippen LogP contribution in [0.15, 0.2) is 36.4 Å². The summed E-state index contributed by atoms with van der Waals surface area (Å²) in [6.07, 6.45) is 1.97. The Hall–Kier alpha value is -3.15. The van der Waals surface area contributed by atoms with Crippen LogP contribution in [0.1, 0.15) is 101 Å². The van der Waals surface area contributed by atoms with Crippen molar-refractivity contribution >= 4 is 23.2 Å². The number of phenols is 1. The molecule has 0 radical (unpaired) electrons. The summed E-state index contributed by atoms with van der Waals surface area (Å²) in [5.74, 6) is 0.716. The van der Waals surface area contributed by atoms with Gasteiger partial charge in [0, 0.05) is 41.8 Å². The number of amidine groups is 1. The van der Waals surface area contributed by atoms with E-state index in [1.807, 2.05) is 82.8 Å². The maximum Gasteiger partial charge on any atom is 0.221 e. The van der Waals surface area contributed by atoms with Gasteiger partial charge in [-0.3, -0.25) is 15.0 Å². The number of anilines is 1. The number of benzene rings is 2. The Balaban J connectivity index is 1.90. The van der Waals surface area contributed by atoms with Crippen LogP contribution in [-0.4, -0.2) is 40.6 Å². The van der Waals surface area contributed by atoms with Gasteiger partial charge in [0.05, 0.1) is 6.54 Å². The third kappa shape index (κ3) is 6.41. The maximum absolute atomic E-state index is 13.6. The molecule has 200 valence electrons. The van der Waals surface area contributed by atoms with Crippen molar-refractivity contribution in [1.82, 2.24) is 4.90 Å². The third-order valence-corrected chi connectivity index (χ3v) is 7.19. The molecule has 2 atom stereocenters. The van der Waals surface area contributed by atoms with E-state index in [2.05, 4.69) is 12.2 Å². The van der Waals surface area contributed by atoms with Crippen LogP contribution in [0.3, 0.4) is 0 Å². The topological polar surface area (TPSA) is 93.5 Å². The Morgan fingerprint density at radius 1 is 1.03 bits per heavy atom. The Bertz CT molecular complexity index is 1130. The lowest BCUT2D eigenvalue weighted by Crippen LogP contribution is -2.32.